The van der Waals surface area contributed by atoms with E-state index in [1.165, 1.54) is 25.9 Å². The van der Waals surface area contributed by atoms with Gasteiger partial charge in [-0.25, -0.2) is 0 Å². The van der Waals surface area contributed by atoms with Gasteiger partial charge in [-0.05, 0) is 38.3 Å². The molecule has 11 heavy (non-hydrogen) atoms. The van der Waals surface area contributed by atoms with Gasteiger partial charge in [0.2, 0.25) is 0 Å². The van der Waals surface area contributed by atoms with Crippen molar-refractivity contribution in [1.29, 1.82) is 0 Å². The number of hydrogen-bond donors (Lipinski definition) is 0. The normalized spacial score (nSPS) is 33.6. The first kappa shape index (κ1) is 8.79. The first-order valence-corrected chi connectivity index (χ1v) is 4.53. The molecule has 1 fully saturated rings. The van der Waals surface area contributed by atoms with Crippen LogP contribution in [-0.4, -0.2) is 25.0 Å². The van der Waals surface area contributed by atoms with Crippen molar-refractivity contribution in [1.82, 2.24) is 4.90 Å². The largest absolute Gasteiger partial charge is 0.306 e. The van der Waals surface area contributed by atoms with Crippen LogP contribution in [0.4, 0.5) is 0 Å². The molecule has 1 rings (SSSR count). The lowest BCUT2D eigenvalue weighted by molar-refractivity contribution is 0.156. The van der Waals surface area contributed by atoms with E-state index in [9.17, 15) is 0 Å². The molecule has 2 unspecified atom stereocenters. The molecule has 0 aliphatic carbocycles. The maximum atomic E-state index is 3.79. The Morgan fingerprint density at radius 1 is 1.64 bits per heavy atom. The third-order valence-corrected chi connectivity index (χ3v) is 2.76. The van der Waals surface area contributed by atoms with Gasteiger partial charge in [0, 0.05) is 6.54 Å². The minimum absolute atomic E-state index is 0.853. The minimum atomic E-state index is 0.853. The molecule has 1 aliphatic heterocycles. The highest BCUT2D eigenvalue weighted by atomic mass is 15.1. The van der Waals surface area contributed by atoms with E-state index in [0.29, 0.717) is 0 Å². The van der Waals surface area contributed by atoms with Gasteiger partial charge in [0.1, 0.15) is 0 Å². The lowest BCUT2D eigenvalue weighted by atomic mass is 9.85. The molecule has 1 heteroatoms. The van der Waals surface area contributed by atoms with E-state index >= 15 is 0 Å². The van der Waals surface area contributed by atoms with Crippen LogP contribution < -0.4 is 0 Å². The van der Waals surface area contributed by atoms with Crippen LogP contribution in [0.25, 0.3) is 0 Å². The van der Waals surface area contributed by atoms with E-state index in [2.05, 4.69) is 31.5 Å². The van der Waals surface area contributed by atoms with Gasteiger partial charge in [0.15, 0.2) is 0 Å². The molecule has 0 N–H and O–H groups in total. The third-order valence-electron chi connectivity index (χ3n) is 2.76. The van der Waals surface area contributed by atoms with Crippen LogP contribution in [0.15, 0.2) is 12.7 Å². The highest BCUT2D eigenvalue weighted by Gasteiger charge is 2.22. The Morgan fingerprint density at radius 3 is 2.91 bits per heavy atom. The van der Waals surface area contributed by atoms with Crippen molar-refractivity contribution in [3.63, 3.8) is 0 Å². The minimum Gasteiger partial charge on any atom is -0.306 e. The molecule has 0 aromatic rings. The maximum Gasteiger partial charge on any atom is 0.000674 e. The quantitative estimate of drug-likeness (QED) is 0.549. The van der Waals surface area contributed by atoms with Crippen molar-refractivity contribution in [2.24, 2.45) is 11.8 Å². The van der Waals surface area contributed by atoms with E-state index in [-0.39, 0.29) is 0 Å². The average molecular weight is 153 g/mol. The Morgan fingerprint density at radius 2 is 2.36 bits per heavy atom. The van der Waals surface area contributed by atoms with E-state index in [1.54, 1.807) is 0 Å². The molecule has 0 aromatic heterocycles. The predicted molar refractivity (Wildman–Crippen MR) is 49.6 cm³/mol. The fourth-order valence-corrected chi connectivity index (χ4v) is 1.97. The summed E-state index contributed by atoms with van der Waals surface area (Å²) < 4.78 is 0. The second-order valence-electron chi connectivity index (χ2n) is 3.81. The van der Waals surface area contributed by atoms with Gasteiger partial charge in [0.05, 0.1) is 0 Å². The Hall–Kier alpha value is -0.300. The van der Waals surface area contributed by atoms with E-state index in [4.69, 9.17) is 0 Å². The summed E-state index contributed by atoms with van der Waals surface area (Å²) >= 11 is 0. The van der Waals surface area contributed by atoms with Gasteiger partial charge in [-0.2, -0.15) is 0 Å². The van der Waals surface area contributed by atoms with Gasteiger partial charge in [0.25, 0.3) is 0 Å². The molecule has 0 radical (unpaired) electrons. The summed E-state index contributed by atoms with van der Waals surface area (Å²) in [6.45, 7) is 8.67. The Bertz CT molecular complexity index is 131. The molecule has 0 aromatic carbocycles. The van der Waals surface area contributed by atoms with Gasteiger partial charge in [-0.1, -0.05) is 13.0 Å². The van der Waals surface area contributed by atoms with Crippen molar-refractivity contribution in [2.75, 3.05) is 20.1 Å². The van der Waals surface area contributed by atoms with Crippen LogP contribution in [0.2, 0.25) is 0 Å². The van der Waals surface area contributed by atoms with Crippen LogP contribution in [-0.2, 0) is 0 Å². The van der Waals surface area contributed by atoms with Crippen molar-refractivity contribution in [3.05, 3.63) is 12.7 Å². The zero-order valence-corrected chi connectivity index (χ0v) is 7.71. The van der Waals surface area contributed by atoms with Crippen molar-refractivity contribution in [3.8, 4) is 0 Å². The second-order valence-corrected chi connectivity index (χ2v) is 3.81. The summed E-state index contributed by atoms with van der Waals surface area (Å²) in [5, 5.41) is 0. The summed E-state index contributed by atoms with van der Waals surface area (Å²) in [5.41, 5.74) is 0. The van der Waals surface area contributed by atoms with Crippen LogP contribution in [0.1, 0.15) is 19.8 Å². The van der Waals surface area contributed by atoms with Gasteiger partial charge in [-0.15, -0.1) is 6.58 Å². The number of rotatable bonds is 2. The molecule has 1 heterocycles. The topological polar surface area (TPSA) is 3.24 Å². The predicted octanol–water partition coefficient (Wildman–Crippen LogP) is 2.15. The third kappa shape index (κ3) is 2.33. The summed E-state index contributed by atoms with van der Waals surface area (Å²) in [7, 11) is 2.21. The monoisotopic (exact) mass is 153 g/mol. The second kappa shape index (κ2) is 3.91. The number of piperidine rings is 1. The number of hydrogen-bond acceptors (Lipinski definition) is 1. The zero-order chi connectivity index (χ0) is 8.27. The molecule has 1 saturated heterocycles. The first-order valence-electron chi connectivity index (χ1n) is 4.53. The summed E-state index contributed by atoms with van der Waals surface area (Å²) in [5.74, 6) is 1.75. The maximum absolute atomic E-state index is 3.79. The molecule has 0 spiro atoms. The van der Waals surface area contributed by atoms with Crippen molar-refractivity contribution < 1.29 is 0 Å². The van der Waals surface area contributed by atoms with Crippen molar-refractivity contribution >= 4 is 0 Å². The lowest BCUT2D eigenvalue weighted by Gasteiger charge is -2.34. The number of nitrogens with zero attached hydrogens (tertiary/aromatic N) is 1. The van der Waals surface area contributed by atoms with Crippen LogP contribution in [0.3, 0.4) is 0 Å². The summed E-state index contributed by atoms with van der Waals surface area (Å²) in [6, 6.07) is 0. The lowest BCUT2D eigenvalue weighted by Crippen LogP contribution is -2.36. The Kier molecular flexibility index (Phi) is 3.13. The molecule has 0 saturated carbocycles. The number of allylic oxidation sites excluding steroid dienone is 1. The van der Waals surface area contributed by atoms with Crippen LogP contribution in [0.5, 0.6) is 0 Å². The molecular weight excluding hydrogens is 134 g/mol. The van der Waals surface area contributed by atoms with Gasteiger partial charge >= 0.3 is 0 Å². The Balaban J connectivity index is 2.37. The number of likely N-dealkylation sites (tertiary alicyclic amines) is 1. The van der Waals surface area contributed by atoms with E-state index < -0.39 is 0 Å². The highest BCUT2D eigenvalue weighted by molar-refractivity contribution is 4.81. The van der Waals surface area contributed by atoms with Crippen LogP contribution in [0, 0.1) is 11.8 Å². The fraction of sp³-hybridized carbons (Fsp3) is 0.800. The fourth-order valence-electron chi connectivity index (χ4n) is 1.97. The van der Waals surface area contributed by atoms with E-state index in [1.807, 2.05) is 0 Å². The summed E-state index contributed by atoms with van der Waals surface area (Å²) in [4.78, 5) is 2.42. The molecule has 1 nitrogen and oxygen atoms in total. The molecule has 0 bridgehead atoms. The molecule has 1 aliphatic rings. The van der Waals surface area contributed by atoms with Gasteiger partial charge < -0.3 is 4.90 Å². The average Bonchev–Trinajstić information content (AvgIpc) is 1.95. The van der Waals surface area contributed by atoms with Gasteiger partial charge in [-0.3, -0.25) is 0 Å². The van der Waals surface area contributed by atoms with Crippen molar-refractivity contribution in [2.45, 2.75) is 19.8 Å². The molecule has 64 valence electrons. The molecule has 0 amide bonds. The smallest absolute Gasteiger partial charge is 0.000674 e. The highest BCUT2D eigenvalue weighted by Crippen LogP contribution is 2.25. The molecular formula is C10H19N. The molecule has 2 atom stereocenters. The Labute approximate surface area is 70.1 Å². The SMILES string of the molecule is C=CCC1CCN(C)CC1C. The summed E-state index contributed by atoms with van der Waals surface area (Å²) in [6.07, 6.45) is 4.62. The standard InChI is InChI=1S/C10H19N/c1-4-5-10-6-7-11(3)8-9(10)2/h4,9-10H,1,5-8H2,2-3H3. The first-order chi connectivity index (χ1) is 5.24. The zero-order valence-electron chi connectivity index (χ0n) is 7.71. The van der Waals surface area contributed by atoms with Crippen LogP contribution >= 0.6 is 0 Å². The van der Waals surface area contributed by atoms with E-state index in [0.717, 1.165) is 11.8 Å².